The van der Waals surface area contributed by atoms with Gasteiger partial charge in [0.05, 0.1) is 6.10 Å². The van der Waals surface area contributed by atoms with Gasteiger partial charge in [-0.1, -0.05) is 42.0 Å². The van der Waals surface area contributed by atoms with Gasteiger partial charge >= 0.3 is 0 Å². The van der Waals surface area contributed by atoms with E-state index in [1.54, 1.807) is 7.11 Å². The van der Waals surface area contributed by atoms with E-state index in [-0.39, 0.29) is 12.1 Å². The first-order valence-electron chi connectivity index (χ1n) is 8.03. The van der Waals surface area contributed by atoms with Crippen LogP contribution in [0.3, 0.4) is 0 Å². The minimum Gasteiger partial charge on any atom is -0.377 e. The Labute approximate surface area is 147 Å². The molecule has 25 heavy (non-hydrogen) atoms. The molecule has 0 amide bonds. The smallest absolute Gasteiger partial charge is 0.232 e. The number of methoxy groups -OCH3 is 1. The molecule has 0 saturated carbocycles. The van der Waals surface area contributed by atoms with Crippen molar-refractivity contribution in [2.24, 2.45) is 0 Å². The monoisotopic (exact) mass is 335 g/mol. The summed E-state index contributed by atoms with van der Waals surface area (Å²) in [5, 5.41) is 3.16. The predicted octanol–water partition coefficient (Wildman–Crippen LogP) is 3.88. The van der Waals surface area contributed by atoms with E-state index in [1.807, 2.05) is 62.4 Å². The van der Waals surface area contributed by atoms with Gasteiger partial charge in [0.25, 0.3) is 0 Å². The van der Waals surface area contributed by atoms with Crippen LogP contribution in [-0.2, 0) is 4.74 Å². The van der Waals surface area contributed by atoms with Crippen LogP contribution < -0.4 is 11.1 Å². The van der Waals surface area contributed by atoms with Crippen molar-refractivity contribution < 1.29 is 4.74 Å². The third kappa shape index (κ3) is 4.10. The summed E-state index contributed by atoms with van der Waals surface area (Å²) in [6.07, 6.45) is 0.0382. The molecule has 128 valence electrons. The van der Waals surface area contributed by atoms with Crippen LogP contribution >= 0.6 is 0 Å². The highest BCUT2D eigenvalue weighted by molar-refractivity contribution is 5.61. The van der Waals surface area contributed by atoms with Gasteiger partial charge in [-0.25, -0.2) is 0 Å². The second-order valence-electron chi connectivity index (χ2n) is 5.83. The third-order valence-corrected chi connectivity index (χ3v) is 3.95. The highest BCUT2D eigenvalue weighted by Crippen LogP contribution is 2.22. The zero-order valence-corrected chi connectivity index (χ0v) is 14.5. The predicted molar refractivity (Wildman–Crippen MR) is 99.6 cm³/mol. The maximum atomic E-state index is 5.85. The van der Waals surface area contributed by atoms with Crippen LogP contribution in [0, 0.1) is 6.92 Å². The zero-order chi connectivity index (χ0) is 17.8. The Morgan fingerprint density at radius 1 is 0.960 bits per heavy atom. The van der Waals surface area contributed by atoms with Crippen LogP contribution in [-0.4, -0.2) is 22.1 Å². The number of aryl methyl sites for hydroxylation is 1. The molecule has 1 aromatic heterocycles. The molecule has 0 saturated heterocycles. The number of hydrogen-bond donors (Lipinski definition) is 2. The lowest BCUT2D eigenvalue weighted by atomic mass is 10.1. The Morgan fingerprint density at radius 3 is 2.28 bits per heavy atom. The number of nitrogens with zero attached hydrogens (tertiary/aromatic N) is 3. The highest BCUT2D eigenvalue weighted by atomic mass is 16.5. The number of aromatic nitrogens is 3. The fraction of sp³-hybridized carbons (Fsp3) is 0.211. The zero-order valence-electron chi connectivity index (χ0n) is 14.5. The molecule has 3 N–H and O–H groups in total. The molecular formula is C19H21N5O. The normalized spacial score (nSPS) is 12.0. The van der Waals surface area contributed by atoms with Gasteiger partial charge in [0.1, 0.15) is 0 Å². The second-order valence-corrected chi connectivity index (χ2v) is 5.83. The molecule has 6 nitrogen and oxygen atoms in total. The van der Waals surface area contributed by atoms with E-state index in [0.29, 0.717) is 11.8 Å². The summed E-state index contributed by atoms with van der Waals surface area (Å²) < 4.78 is 5.32. The number of anilines is 3. The van der Waals surface area contributed by atoms with Gasteiger partial charge in [-0.2, -0.15) is 15.0 Å². The van der Waals surface area contributed by atoms with Gasteiger partial charge in [0.2, 0.25) is 11.9 Å². The highest BCUT2D eigenvalue weighted by Gasteiger charge is 2.09. The van der Waals surface area contributed by atoms with Crippen molar-refractivity contribution in [3.8, 4) is 11.4 Å². The van der Waals surface area contributed by atoms with Crippen LogP contribution in [0.1, 0.15) is 24.2 Å². The summed E-state index contributed by atoms with van der Waals surface area (Å²) in [6, 6.07) is 15.9. The van der Waals surface area contributed by atoms with E-state index < -0.39 is 0 Å². The number of ether oxygens (including phenoxy) is 1. The molecule has 3 rings (SSSR count). The van der Waals surface area contributed by atoms with Crippen LogP contribution in [0.25, 0.3) is 11.4 Å². The van der Waals surface area contributed by atoms with Crippen LogP contribution in [0.15, 0.2) is 48.5 Å². The summed E-state index contributed by atoms with van der Waals surface area (Å²) in [5.41, 5.74) is 9.89. The SMILES string of the molecule is COC(C)c1ccc(-c2nc(N)nc(Nc3ccc(C)cc3)n2)cc1. The van der Waals surface area contributed by atoms with Gasteiger partial charge in [0.15, 0.2) is 5.82 Å². The summed E-state index contributed by atoms with van der Waals surface area (Å²) in [6.45, 7) is 4.04. The van der Waals surface area contributed by atoms with Crippen molar-refractivity contribution in [2.75, 3.05) is 18.2 Å². The molecule has 0 fully saturated rings. The van der Waals surface area contributed by atoms with Crippen molar-refractivity contribution in [1.82, 2.24) is 15.0 Å². The number of nitrogen functional groups attached to an aromatic ring is 1. The topological polar surface area (TPSA) is 86.0 Å². The van der Waals surface area contributed by atoms with Gasteiger partial charge < -0.3 is 15.8 Å². The first-order valence-corrected chi connectivity index (χ1v) is 8.03. The minimum absolute atomic E-state index is 0.0382. The average molecular weight is 335 g/mol. The summed E-state index contributed by atoms with van der Waals surface area (Å²) in [7, 11) is 1.69. The van der Waals surface area contributed by atoms with E-state index >= 15 is 0 Å². The molecular weight excluding hydrogens is 314 g/mol. The molecule has 3 aromatic rings. The van der Waals surface area contributed by atoms with E-state index in [4.69, 9.17) is 10.5 Å². The summed E-state index contributed by atoms with van der Waals surface area (Å²) >= 11 is 0. The molecule has 0 aliphatic heterocycles. The first-order chi connectivity index (χ1) is 12.0. The van der Waals surface area contributed by atoms with Crippen molar-refractivity contribution in [2.45, 2.75) is 20.0 Å². The molecule has 0 spiro atoms. The minimum atomic E-state index is 0.0382. The maximum Gasteiger partial charge on any atom is 0.232 e. The molecule has 6 heteroatoms. The number of hydrogen-bond acceptors (Lipinski definition) is 6. The molecule has 0 aliphatic carbocycles. The number of nitrogens with two attached hydrogens (primary N) is 1. The Morgan fingerprint density at radius 2 is 1.64 bits per heavy atom. The average Bonchev–Trinajstić information content (AvgIpc) is 2.62. The quantitative estimate of drug-likeness (QED) is 0.736. The molecule has 0 bridgehead atoms. The second kappa shape index (κ2) is 7.27. The standard InChI is InChI=1S/C19H21N5O/c1-12-4-10-16(11-5-12)21-19-23-17(22-18(20)24-19)15-8-6-14(7-9-15)13(2)25-3/h4-11,13H,1-3H3,(H3,20,21,22,23,24). The molecule has 1 unspecified atom stereocenters. The number of benzene rings is 2. The van der Waals surface area contributed by atoms with Gasteiger partial charge in [0, 0.05) is 18.4 Å². The Kier molecular flexibility index (Phi) is 4.90. The maximum absolute atomic E-state index is 5.85. The Hall–Kier alpha value is -2.99. The van der Waals surface area contributed by atoms with E-state index in [0.717, 1.165) is 16.8 Å². The van der Waals surface area contributed by atoms with Crippen molar-refractivity contribution >= 4 is 17.6 Å². The van der Waals surface area contributed by atoms with Crippen LogP contribution in [0.5, 0.6) is 0 Å². The third-order valence-electron chi connectivity index (χ3n) is 3.95. The van der Waals surface area contributed by atoms with Crippen molar-refractivity contribution in [3.05, 3.63) is 59.7 Å². The van der Waals surface area contributed by atoms with Crippen molar-refractivity contribution in [3.63, 3.8) is 0 Å². The molecule has 2 aromatic carbocycles. The van der Waals surface area contributed by atoms with E-state index in [2.05, 4.69) is 20.3 Å². The fourth-order valence-corrected chi connectivity index (χ4v) is 2.38. The van der Waals surface area contributed by atoms with E-state index in [9.17, 15) is 0 Å². The number of nitrogens with one attached hydrogen (secondary N) is 1. The lowest BCUT2D eigenvalue weighted by Gasteiger charge is -2.11. The molecule has 0 aliphatic rings. The summed E-state index contributed by atoms with van der Waals surface area (Å²) in [4.78, 5) is 12.9. The van der Waals surface area contributed by atoms with Gasteiger partial charge in [-0.3, -0.25) is 0 Å². The van der Waals surface area contributed by atoms with E-state index in [1.165, 1.54) is 5.56 Å². The van der Waals surface area contributed by atoms with Crippen LogP contribution in [0.2, 0.25) is 0 Å². The van der Waals surface area contributed by atoms with Crippen molar-refractivity contribution in [1.29, 1.82) is 0 Å². The first kappa shape index (κ1) is 16.9. The van der Waals surface area contributed by atoms with Crippen LogP contribution in [0.4, 0.5) is 17.6 Å². The molecule has 1 atom stereocenters. The molecule has 0 radical (unpaired) electrons. The lowest BCUT2D eigenvalue weighted by molar-refractivity contribution is 0.119. The number of rotatable bonds is 5. The summed E-state index contributed by atoms with van der Waals surface area (Å²) in [5.74, 6) is 1.12. The van der Waals surface area contributed by atoms with Gasteiger partial charge in [-0.05, 0) is 31.5 Å². The fourth-order valence-electron chi connectivity index (χ4n) is 2.38. The molecule has 1 heterocycles. The van der Waals surface area contributed by atoms with Gasteiger partial charge in [-0.15, -0.1) is 0 Å². The Bertz CT molecular complexity index is 847. The Balaban J connectivity index is 1.87. The lowest BCUT2D eigenvalue weighted by Crippen LogP contribution is -2.05. The largest absolute Gasteiger partial charge is 0.377 e.